The Balaban J connectivity index is 1.68. The molecule has 4 rings (SSSR count). The number of fused-ring (bicyclic) bond motifs is 2. The summed E-state index contributed by atoms with van der Waals surface area (Å²) in [7, 11) is 0. The van der Waals surface area contributed by atoms with Crippen molar-refractivity contribution in [1.29, 1.82) is 0 Å². The molecule has 1 aliphatic rings. The van der Waals surface area contributed by atoms with E-state index in [4.69, 9.17) is 0 Å². The number of hydrogen-bond acceptors (Lipinski definition) is 4. The quantitative estimate of drug-likeness (QED) is 0.705. The molecular weight excluding hydrogens is 361 g/mol. The van der Waals surface area contributed by atoms with Gasteiger partial charge in [0.05, 0.1) is 31.4 Å². The number of carbonyl (C=O) groups excluding carboxylic acids is 1. The predicted molar refractivity (Wildman–Crippen MR) is 88.7 cm³/mol. The number of carbonyl (C=O) groups is 1. The van der Waals surface area contributed by atoms with Gasteiger partial charge in [0.2, 0.25) is 5.91 Å². The molecule has 1 amide bonds. The van der Waals surface area contributed by atoms with Crippen LogP contribution >= 0.6 is 0 Å². The predicted octanol–water partition coefficient (Wildman–Crippen LogP) is 2.56. The molecule has 0 fully saturated rings. The average Bonchev–Trinajstić information content (AvgIpc) is 3.27. The Morgan fingerprint density at radius 1 is 1.19 bits per heavy atom. The van der Waals surface area contributed by atoms with Crippen LogP contribution in [0.15, 0.2) is 48.9 Å². The summed E-state index contributed by atoms with van der Waals surface area (Å²) in [4.78, 5) is 14.3. The molecule has 10 heteroatoms. The third-order valence-electron chi connectivity index (χ3n) is 4.51. The highest BCUT2D eigenvalue weighted by Gasteiger charge is 2.44. The van der Waals surface area contributed by atoms with Crippen molar-refractivity contribution in [1.82, 2.24) is 24.8 Å². The molecular formula is C17H15F3N6O. The number of para-hydroxylation sites is 1. The lowest BCUT2D eigenvalue weighted by atomic mass is 10.1. The van der Waals surface area contributed by atoms with Crippen molar-refractivity contribution in [3.05, 3.63) is 60.2 Å². The monoisotopic (exact) mass is 376 g/mol. The van der Waals surface area contributed by atoms with Gasteiger partial charge in [-0.2, -0.15) is 18.3 Å². The average molecular weight is 376 g/mol. The Labute approximate surface area is 152 Å². The zero-order valence-corrected chi connectivity index (χ0v) is 14.0. The molecule has 0 aliphatic carbocycles. The first-order valence-corrected chi connectivity index (χ1v) is 8.25. The number of rotatable bonds is 3. The summed E-state index contributed by atoms with van der Waals surface area (Å²) in [5.41, 5.74) is 2.02. The molecule has 0 N–H and O–H groups in total. The van der Waals surface area contributed by atoms with E-state index in [9.17, 15) is 18.0 Å². The molecule has 0 saturated heterocycles. The van der Waals surface area contributed by atoms with Gasteiger partial charge >= 0.3 is 6.18 Å². The van der Waals surface area contributed by atoms with E-state index in [-0.39, 0.29) is 6.54 Å². The Kier molecular flexibility index (Phi) is 4.17. The summed E-state index contributed by atoms with van der Waals surface area (Å²) in [6.07, 6.45) is -1.37. The van der Waals surface area contributed by atoms with Crippen LogP contribution < -0.4 is 4.90 Å². The van der Waals surface area contributed by atoms with E-state index < -0.39 is 24.5 Å². The van der Waals surface area contributed by atoms with Gasteiger partial charge in [-0.05, 0) is 17.7 Å². The largest absolute Gasteiger partial charge is 0.411 e. The molecule has 1 aliphatic heterocycles. The van der Waals surface area contributed by atoms with Crippen LogP contribution in [0.2, 0.25) is 0 Å². The summed E-state index contributed by atoms with van der Waals surface area (Å²) in [6, 6.07) is 6.48. The molecule has 27 heavy (non-hydrogen) atoms. The SMILES string of the molecule is O=C(CC(n1cccn1)C(F)(F)F)N1Cc2cnnn2Cc2ccccc21. The van der Waals surface area contributed by atoms with Gasteiger partial charge in [-0.1, -0.05) is 23.4 Å². The minimum absolute atomic E-state index is 0.104. The molecule has 1 atom stereocenters. The zero-order chi connectivity index (χ0) is 19.0. The maximum atomic E-state index is 13.5. The zero-order valence-electron chi connectivity index (χ0n) is 14.0. The summed E-state index contributed by atoms with van der Waals surface area (Å²) in [6.45, 7) is 0.504. The van der Waals surface area contributed by atoms with E-state index in [0.29, 0.717) is 17.9 Å². The lowest BCUT2D eigenvalue weighted by Crippen LogP contribution is -2.36. The fourth-order valence-electron chi connectivity index (χ4n) is 3.17. The second-order valence-electron chi connectivity index (χ2n) is 6.24. The van der Waals surface area contributed by atoms with Crippen LogP contribution in [0.4, 0.5) is 18.9 Å². The van der Waals surface area contributed by atoms with E-state index in [1.54, 1.807) is 16.8 Å². The minimum Gasteiger partial charge on any atom is -0.306 e. The van der Waals surface area contributed by atoms with Crippen LogP contribution in [0.3, 0.4) is 0 Å². The van der Waals surface area contributed by atoms with E-state index in [0.717, 1.165) is 10.2 Å². The molecule has 2 aromatic heterocycles. The number of anilines is 1. The summed E-state index contributed by atoms with van der Waals surface area (Å²) >= 11 is 0. The van der Waals surface area contributed by atoms with Gasteiger partial charge in [-0.25, -0.2) is 4.68 Å². The Morgan fingerprint density at radius 2 is 2.00 bits per heavy atom. The lowest BCUT2D eigenvalue weighted by Gasteiger charge is -2.26. The van der Waals surface area contributed by atoms with Crippen LogP contribution in [0.25, 0.3) is 0 Å². The molecule has 3 heterocycles. The minimum atomic E-state index is -4.60. The van der Waals surface area contributed by atoms with Crippen molar-refractivity contribution in [3.8, 4) is 0 Å². The number of benzene rings is 1. The fourth-order valence-corrected chi connectivity index (χ4v) is 3.17. The van der Waals surface area contributed by atoms with Crippen molar-refractivity contribution in [2.24, 2.45) is 0 Å². The topological polar surface area (TPSA) is 68.8 Å². The third-order valence-corrected chi connectivity index (χ3v) is 4.51. The van der Waals surface area contributed by atoms with Crippen LogP contribution in [0, 0.1) is 0 Å². The number of halogens is 3. The number of hydrogen-bond donors (Lipinski definition) is 0. The van der Waals surface area contributed by atoms with Crippen LogP contribution in [-0.4, -0.2) is 36.9 Å². The molecule has 140 valence electrons. The van der Waals surface area contributed by atoms with Crippen molar-refractivity contribution in [2.75, 3.05) is 4.90 Å². The molecule has 0 spiro atoms. The molecule has 0 bridgehead atoms. The van der Waals surface area contributed by atoms with Crippen molar-refractivity contribution in [3.63, 3.8) is 0 Å². The van der Waals surface area contributed by atoms with Gasteiger partial charge in [-0.3, -0.25) is 9.48 Å². The second-order valence-corrected chi connectivity index (χ2v) is 6.24. The van der Waals surface area contributed by atoms with Gasteiger partial charge in [0.1, 0.15) is 0 Å². The van der Waals surface area contributed by atoms with E-state index in [2.05, 4.69) is 15.4 Å². The highest BCUT2D eigenvalue weighted by Crippen LogP contribution is 2.35. The van der Waals surface area contributed by atoms with Crippen molar-refractivity contribution >= 4 is 11.6 Å². The summed E-state index contributed by atoms with van der Waals surface area (Å²) < 4.78 is 43.0. The number of aromatic nitrogens is 5. The Bertz CT molecular complexity index is 950. The lowest BCUT2D eigenvalue weighted by molar-refractivity contribution is -0.174. The van der Waals surface area contributed by atoms with Gasteiger partial charge < -0.3 is 4.90 Å². The first-order valence-electron chi connectivity index (χ1n) is 8.25. The smallest absolute Gasteiger partial charge is 0.306 e. The maximum absolute atomic E-state index is 13.5. The fraction of sp³-hybridized carbons (Fsp3) is 0.294. The van der Waals surface area contributed by atoms with Crippen molar-refractivity contribution < 1.29 is 18.0 Å². The van der Waals surface area contributed by atoms with E-state index in [1.165, 1.54) is 29.6 Å². The highest BCUT2D eigenvalue weighted by atomic mass is 19.4. The standard InChI is InChI=1S/C17H15F3N6O/c18-17(19,20)15(25-7-3-6-22-25)8-16(27)24-11-13-9-21-23-26(13)10-12-4-1-2-5-14(12)24/h1-7,9,15H,8,10-11H2. The number of nitrogens with zero attached hydrogens (tertiary/aromatic N) is 6. The van der Waals surface area contributed by atoms with Gasteiger partial charge in [0.15, 0.2) is 6.04 Å². The van der Waals surface area contributed by atoms with Gasteiger partial charge in [0, 0.05) is 18.1 Å². The van der Waals surface area contributed by atoms with Gasteiger partial charge in [-0.15, -0.1) is 5.10 Å². The number of amides is 1. The molecule has 1 unspecified atom stereocenters. The Morgan fingerprint density at radius 3 is 2.74 bits per heavy atom. The summed E-state index contributed by atoms with van der Waals surface area (Å²) in [5, 5.41) is 11.5. The normalized spacial score (nSPS) is 15.0. The summed E-state index contributed by atoms with van der Waals surface area (Å²) in [5.74, 6) is -0.644. The molecule has 1 aromatic carbocycles. The van der Waals surface area contributed by atoms with E-state index >= 15 is 0 Å². The van der Waals surface area contributed by atoms with Crippen molar-refractivity contribution in [2.45, 2.75) is 31.7 Å². The van der Waals surface area contributed by atoms with Crippen LogP contribution in [0.5, 0.6) is 0 Å². The maximum Gasteiger partial charge on any atom is 0.411 e. The van der Waals surface area contributed by atoms with Crippen LogP contribution in [-0.2, 0) is 17.9 Å². The molecule has 3 aromatic rings. The van der Waals surface area contributed by atoms with Crippen LogP contribution in [0.1, 0.15) is 23.7 Å². The third kappa shape index (κ3) is 3.29. The molecule has 0 radical (unpaired) electrons. The highest BCUT2D eigenvalue weighted by molar-refractivity contribution is 5.94. The number of alkyl halides is 3. The van der Waals surface area contributed by atoms with Gasteiger partial charge in [0.25, 0.3) is 0 Å². The second kappa shape index (κ2) is 6.53. The first kappa shape index (κ1) is 17.3. The Hall–Kier alpha value is -3.17. The first-order chi connectivity index (χ1) is 12.9. The molecule has 7 nitrogen and oxygen atoms in total. The molecule has 0 saturated carbocycles. The van der Waals surface area contributed by atoms with E-state index in [1.807, 2.05) is 12.1 Å².